The molecule has 5 aromatic rings. The van der Waals surface area contributed by atoms with Crippen molar-refractivity contribution in [3.8, 4) is 11.5 Å². The maximum Gasteiger partial charge on any atom is 0.226 e. The van der Waals surface area contributed by atoms with Gasteiger partial charge >= 0.3 is 0 Å². The zero-order valence-corrected chi connectivity index (χ0v) is 19.1. The van der Waals surface area contributed by atoms with Gasteiger partial charge in [0.15, 0.2) is 11.5 Å². The van der Waals surface area contributed by atoms with Crippen molar-refractivity contribution in [1.82, 2.24) is 19.7 Å². The summed E-state index contributed by atoms with van der Waals surface area (Å²) in [5.41, 5.74) is 4.62. The molecule has 34 heavy (non-hydrogen) atoms. The van der Waals surface area contributed by atoms with Gasteiger partial charge in [-0.25, -0.2) is 4.98 Å². The van der Waals surface area contributed by atoms with Gasteiger partial charge in [-0.1, -0.05) is 36.4 Å². The lowest BCUT2D eigenvalue weighted by Gasteiger charge is -2.22. The first-order chi connectivity index (χ1) is 16.7. The van der Waals surface area contributed by atoms with Crippen LogP contribution in [-0.2, 0) is 11.2 Å². The molecule has 1 unspecified atom stereocenters. The fourth-order valence-electron chi connectivity index (χ4n) is 4.47. The Balaban J connectivity index is 1.45. The van der Waals surface area contributed by atoms with Crippen LogP contribution >= 0.6 is 0 Å². The lowest BCUT2D eigenvalue weighted by atomic mass is 9.89. The van der Waals surface area contributed by atoms with E-state index in [2.05, 4.69) is 21.4 Å². The number of hydrogen-bond donors (Lipinski definition) is 2. The number of pyridine rings is 1. The molecule has 0 fully saturated rings. The SMILES string of the molecule is COc1cccc(C(CNC(=O)Cc2cn3ccccc3n2)c2c[nH]c3ccccc23)c1OC. The fraction of sp³-hybridized carbons (Fsp3) is 0.185. The van der Waals surface area contributed by atoms with E-state index in [1.54, 1.807) is 14.2 Å². The van der Waals surface area contributed by atoms with Crippen molar-refractivity contribution in [3.63, 3.8) is 0 Å². The molecule has 0 radical (unpaired) electrons. The number of aromatic amines is 1. The van der Waals surface area contributed by atoms with Gasteiger partial charge in [0, 0.05) is 47.5 Å². The van der Waals surface area contributed by atoms with Gasteiger partial charge in [0.2, 0.25) is 5.91 Å². The average molecular weight is 455 g/mol. The summed E-state index contributed by atoms with van der Waals surface area (Å²) in [5.74, 6) is 1.08. The number of carbonyl (C=O) groups is 1. The molecule has 1 atom stereocenters. The van der Waals surface area contributed by atoms with E-state index in [1.165, 1.54) is 0 Å². The van der Waals surface area contributed by atoms with Crippen molar-refractivity contribution in [2.45, 2.75) is 12.3 Å². The van der Waals surface area contributed by atoms with Crippen LogP contribution in [0.5, 0.6) is 11.5 Å². The summed E-state index contributed by atoms with van der Waals surface area (Å²) in [6, 6.07) is 19.8. The molecule has 2 aromatic carbocycles. The molecule has 2 N–H and O–H groups in total. The van der Waals surface area contributed by atoms with Crippen molar-refractivity contribution in [2.75, 3.05) is 20.8 Å². The van der Waals surface area contributed by atoms with Crippen molar-refractivity contribution < 1.29 is 14.3 Å². The molecule has 1 amide bonds. The number of para-hydroxylation sites is 2. The quantitative estimate of drug-likeness (QED) is 0.366. The minimum atomic E-state index is -0.147. The number of amides is 1. The highest BCUT2D eigenvalue weighted by Crippen LogP contribution is 2.40. The number of hydrogen-bond acceptors (Lipinski definition) is 4. The Kier molecular flexibility index (Phi) is 5.91. The normalized spacial score (nSPS) is 12.1. The second-order valence-electron chi connectivity index (χ2n) is 8.10. The van der Waals surface area contributed by atoms with E-state index in [0.717, 1.165) is 33.4 Å². The molecular weight excluding hydrogens is 428 g/mol. The Labute approximate surface area is 197 Å². The maximum atomic E-state index is 12.9. The number of fused-ring (bicyclic) bond motifs is 2. The molecule has 172 valence electrons. The van der Waals surface area contributed by atoms with Gasteiger partial charge in [-0.2, -0.15) is 0 Å². The topological polar surface area (TPSA) is 80.6 Å². The Bertz CT molecular complexity index is 1420. The van der Waals surface area contributed by atoms with Crippen LogP contribution in [0.4, 0.5) is 0 Å². The van der Waals surface area contributed by atoms with Crippen molar-refractivity contribution in [1.29, 1.82) is 0 Å². The van der Waals surface area contributed by atoms with E-state index in [-0.39, 0.29) is 18.2 Å². The number of H-pyrrole nitrogens is 1. The van der Waals surface area contributed by atoms with Crippen LogP contribution in [-0.4, -0.2) is 41.0 Å². The molecule has 7 heteroatoms. The molecule has 5 rings (SSSR count). The van der Waals surface area contributed by atoms with E-state index in [9.17, 15) is 4.79 Å². The molecule has 3 heterocycles. The van der Waals surface area contributed by atoms with Crippen molar-refractivity contribution >= 4 is 22.5 Å². The Hall–Kier alpha value is -4.26. The Morgan fingerprint density at radius 2 is 1.88 bits per heavy atom. The van der Waals surface area contributed by atoms with Crippen LogP contribution in [0.15, 0.2) is 79.3 Å². The molecule has 3 aromatic heterocycles. The molecule has 0 saturated carbocycles. The minimum Gasteiger partial charge on any atom is -0.493 e. The molecule has 0 bridgehead atoms. The average Bonchev–Trinajstić information content (AvgIpc) is 3.47. The van der Waals surface area contributed by atoms with E-state index in [4.69, 9.17) is 9.47 Å². The van der Waals surface area contributed by atoms with Gasteiger partial charge in [0.25, 0.3) is 0 Å². The highest BCUT2D eigenvalue weighted by atomic mass is 16.5. The van der Waals surface area contributed by atoms with Crippen LogP contribution in [0, 0.1) is 0 Å². The third kappa shape index (κ3) is 4.08. The summed E-state index contributed by atoms with van der Waals surface area (Å²) < 4.78 is 13.2. The zero-order valence-electron chi connectivity index (χ0n) is 19.1. The summed E-state index contributed by atoms with van der Waals surface area (Å²) in [6.07, 6.45) is 6.02. The number of aromatic nitrogens is 3. The molecule has 0 aliphatic heterocycles. The number of carbonyl (C=O) groups excluding carboxylic acids is 1. The number of ether oxygens (including phenoxy) is 2. The molecular formula is C27H26N4O3. The van der Waals surface area contributed by atoms with Gasteiger partial charge in [-0.15, -0.1) is 0 Å². The molecule has 0 saturated heterocycles. The molecule has 0 spiro atoms. The van der Waals surface area contributed by atoms with Gasteiger partial charge in [-0.3, -0.25) is 4.79 Å². The van der Waals surface area contributed by atoms with E-state index in [0.29, 0.717) is 18.0 Å². The monoisotopic (exact) mass is 454 g/mol. The first-order valence-electron chi connectivity index (χ1n) is 11.1. The number of nitrogens with zero attached hydrogens (tertiary/aromatic N) is 2. The van der Waals surface area contributed by atoms with E-state index >= 15 is 0 Å². The standard InChI is InChI=1S/C27H26N4O3/c1-33-24-11-7-9-20(27(24)34-2)22(21-15-28-23-10-4-3-8-19(21)23)16-29-26(32)14-18-17-31-13-6-5-12-25(31)30-18/h3-13,15,17,22,28H,14,16H2,1-2H3,(H,29,32). The highest BCUT2D eigenvalue weighted by molar-refractivity contribution is 5.85. The summed E-state index contributed by atoms with van der Waals surface area (Å²) in [4.78, 5) is 20.8. The van der Waals surface area contributed by atoms with Gasteiger partial charge < -0.3 is 24.2 Å². The Morgan fingerprint density at radius 3 is 2.71 bits per heavy atom. The van der Waals surface area contributed by atoms with Crippen molar-refractivity contribution in [2.24, 2.45) is 0 Å². The second kappa shape index (κ2) is 9.31. The molecule has 0 aliphatic carbocycles. The van der Waals surface area contributed by atoms with Crippen molar-refractivity contribution in [3.05, 3.63) is 96.1 Å². The maximum absolute atomic E-state index is 12.9. The molecule has 0 aliphatic rings. The van der Waals surface area contributed by atoms with Crippen LogP contribution in [0.1, 0.15) is 22.7 Å². The van der Waals surface area contributed by atoms with E-state index in [1.807, 2.05) is 77.6 Å². The minimum absolute atomic E-state index is 0.0879. The number of benzene rings is 2. The number of imidazole rings is 1. The number of rotatable bonds is 8. The summed E-state index contributed by atoms with van der Waals surface area (Å²) in [7, 11) is 3.26. The van der Waals surface area contributed by atoms with Crippen LogP contribution in [0.25, 0.3) is 16.6 Å². The third-order valence-corrected chi connectivity index (χ3v) is 6.06. The smallest absolute Gasteiger partial charge is 0.226 e. The highest BCUT2D eigenvalue weighted by Gasteiger charge is 2.24. The van der Waals surface area contributed by atoms with Crippen LogP contribution < -0.4 is 14.8 Å². The summed E-state index contributed by atoms with van der Waals surface area (Å²) >= 11 is 0. The fourth-order valence-corrected chi connectivity index (χ4v) is 4.47. The first kappa shape index (κ1) is 21.6. The van der Waals surface area contributed by atoms with Gasteiger partial charge in [0.1, 0.15) is 5.65 Å². The lowest BCUT2D eigenvalue weighted by Crippen LogP contribution is -2.30. The summed E-state index contributed by atoms with van der Waals surface area (Å²) in [6.45, 7) is 0.400. The van der Waals surface area contributed by atoms with Gasteiger partial charge in [-0.05, 0) is 29.8 Å². The van der Waals surface area contributed by atoms with E-state index < -0.39 is 0 Å². The Morgan fingerprint density at radius 1 is 1.03 bits per heavy atom. The van der Waals surface area contributed by atoms with Gasteiger partial charge in [0.05, 0.1) is 26.3 Å². The summed E-state index contributed by atoms with van der Waals surface area (Å²) in [5, 5.41) is 4.22. The largest absolute Gasteiger partial charge is 0.493 e. The lowest BCUT2D eigenvalue weighted by molar-refractivity contribution is -0.120. The molecule has 7 nitrogen and oxygen atoms in total. The predicted octanol–water partition coefficient (Wildman–Crippen LogP) is 4.32. The number of nitrogens with one attached hydrogen (secondary N) is 2. The predicted molar refractivity (Wildman–Crippen MR) is 132 cm³/mol. The zero-order chi connectivity index (χ0) is 23.5. The number of methoxy groups -OCH3 is 2. The third-order valence-electron chi connectivity index (χ3n) is 6.06. The van der Waals surface area contributed by atoms with Crippen LogP contribution in [0.2, 0.25) is 0 Å². The first-order valence-corrected chi connectivity index (χ1v) is 11.1. The second-order valence-corrected chi connectivity index (χ2v) is 8.10. The van der Waals surface area contributed by atoms with Crippen LogP contribution in [0.3, 0.4) is 0 Å².